The SMILES string of the molecule is CCOC(=O)C1=C(C)N=c2s/c(=C\c3ccc(O)cc3)c(=O)n2C1c1ccc(Cl)cc1. The van der Waals surface area contributed by atoms with Crippen LogP contribution in [-0.2, 0) is 9.53 Å². The lowest BCUT2D eigenvalue weighted by atomic mass is 9.96. The minimum absolute atomic E-state index is 0.149. The van der Waals surface area contributed by atoms with Crippen molar-refractivity contribution in [3.05, 3.63) is 95.6 Å². The molecule has 0 bridgehead atoms. The maximum absolute atomic E-state index is 13.4. The molecule has 0 radical (unpaired) electrons. The van der Waals surface area contributed by atoms with Crippen LogP contribution in [0.4, 0.5) is 0 Å². The minimum Gasteiger partial charge on any atom is -0.508 e. The van der Waals surface area contributed by atoms with E-state index in [9.17, 15) is 14.7 Å². The normalized spacial score (nSPS) is 16.1. The first kappa shape index (κ1) is 21.1. The number of fused-ring (bicyclic) bond motifs is 1. The van der Waals surface area contributed by atoms with Crippen molar-refractivity contribution in [1.82, 2.24) is 4.57 Å². The molecule has 0 spiro atoms. The Bertz CT molecular complexity index is 1350. The van der Waals surface area contributed by atoms with Crippen molar-refractivity contribution in [2.75, 3.05) is 6.61 Å². The summed E-state index contributed by atoms with van der Waals surface area (Å²) in [5.74, 6) is -0.354. The fraction of sp³-hybridized carbons (Fsp3) is 0.174. The Kier molecular flexibility index (Phi) is 5.80. The summed E-state index contributed by atoms with van der Waals surface area (Å²) in [6, 6.07) is 12.9. The van der Waals surface area contributed by atoms with Gasteiger partial charge in [-0.1, -0.05) is 47.2 Å². The molecule has 8 heteroatoms. The Balaban J connectivity index is 1.94. The molecule has 0 aliphatic carbocycles. The van der Waals surface area contributed by atoms with Crippen molar-refractivity contribution in [2.45, 2.75) is 19.9 Å². The molecule has 3 aromatic rings. The molecule has 0 saturated carbocycles. The van der Waals surface area contributed by atoms with Gasteiger partial charge in [0.1, 0.15) is 5.75 Å². The summed E-state index contributed by atoms with van der Waals surface area (Å²) in [6.07, 6.45) is 1.74. The molecule has 1 aliphatic rings. The highest BCUT2D eigenvalue weighted by atomic mass is 35.5. The zero-order valence-electron chi connectivity index (χ0n) is 16.8. The number of carbonyl (C=O) groups excluding carboxylic acids is 1. The molecule has 1 atom stereocenters. The molecule has 2 heterocycles. The molecule has 4 rings (SSSR count). The first-order valence-corrected chi connectivity index (χ1v) is 10.8. The Hall–Kier alpha value is -3.16. The Labute approximate surface area is 187 Å². The number of hydrogen-bond acceptors (Lipinski definition) is 6. The van der Waals surface area contributed by atoms with Crippen LogP contribution in [0.15, 0.2) is 69.6 Å². The lowest BCUT2D eigenvalue weighted by molar-refractivity contribution is -0.139. The average molecular weight is 455 g/mol. The number of hydrogen-bond donors (Lipinski definition) is 1. The molecule has 31 heavy (non-hydrogen) atoms. The summed E-state index contributed by atoms with van der Waals surface area (Å²) in [5.41, 5.74) is 2.08. The van der Waals surface area contributed by atoms with Gasteiger partial charge in [0.05, 0.1) is 28.5 Å². The molecule has 0 fully saturated rings. The summed E-state index contributed by atoms with van der Waals surface area (Å²) in [6.45, 7) is 3.69. The summed E-state index contributed by atoms with van der Waals surface area (Å²) < 4.78 is 7.27. The summed E-state index contributed by atoms with van der Waals surface area (Å²) in [4.78, 5) is 31.2. The van der Waals surface area contributed by atoms with E-state index in [-0.39, 0.29) is 17.9 Å². The van der Waals surface area contributed by atoms with Crippen molar-refractivity contribution in [2.24, 2.45) is 4.99 Å². The third kappa shape index (κ3) is 4.06. The summed E-state index contributed by atoms with van der Waals surface area (Å²) in [7, 11) is 0. The lowest BCUT2D eigenvalue weighted by Gasteiger charge is -2.24. The smallest absolute Gasteiger partial charge is 0.338 e. The van der Waals surface area contributed by atoms with Crippen molar-refractivity contribution in [3.8, 4) is 5.75 Å². The second kappa shape index (κ2) is 8.53. The quantitative estimate of drug-likeness (QED) is 0.614. The van der Waals surface area contributed by atoms with E-state index in [2.05, 4.69) is 4.99 Å². The van der Waals surface area contributed by atoms with Crippen LogP contribution in [0.25, 0.3) is 6.08 Å². The first-order valence-electron chi connectivity index (χ1n) is 9.63. The van der Waals surface area contributed by atoms with Gasteiger partial charge < -0.3 is 9.84 Å². The number of benzene rings is 2. The topological polar surface area (TPSA) is 80.9 Å². The van der Waals surface area contributed by atoms with Crippen molar-refractivity contribution >= 4 is 35.0 Å². The van der Waals surface area contributed by atoms with Gasteiger partial charge in [0.25, 0.3) is 5.56 Å². The van der Waals surface area contributed by atoms with E-state index in [0.717, 1.165) is 11.1 Å². The molecule has 6 nitrogen and oxygen atoms in total. The largest absolute Gasteiger partial charge is 0.508 e. The average Bonchev–Trinajstić information content (AvgIpc) is 3.04. The maximum Gasteiger partial charge on any atom is 0.338 e. The number of nitrogens with zero attached hydrogens (tertiary/aromatic N) is 2. The summed E-state index contributed by atoms with van der Waals surface area (Å²) in [5, 5.41) is 10.1. The van der Waals surface area contributed by atoms with E-state index < -0.39 is 12.0 Å². The van der Waals surface area contributed by atoms with Gasteiger partial charge >= 0.3 is 5.97 Å². The van der Waals surface area contributed by atoms with Gasteiger partial charge in [-0.15, -0.1) is 0 Å². The predicted molar refractivity (Wildman–Crippen MR) is 120 cm³/mol. The third-order valence-corrected chi connectivity index (χ3v) is 6.13. The molecular weight excluding hydrogens is 436 g/mol. The molecule has 1 aromatic heterocycles. The van der Waals surface area contributed by atoms with Gasteiger partial charge in [0.15, 0.2) is 4.80 Å². The number of rotatable bonds is 4. The zero-order valence-corrected chi connectivity index (χ0v) is 18.4. The van der Waals surface area contributed by atoms with E-state index >= 15 is 0 Å². The number of aromatic hydroxyl groups is 1. The van der Waals surface area contributed by atoms with Gasteiger partial charge in [-0.3, -0.25) is 9.36 Å². The molecule has 0 amide bonds. The highest BCUT2D eigenvalue weighted by molar-refractivity contribution is 7.07. The number of phenolic OH excluding ortho intramolecular Hbond substituents is 1. The van der Waals surface area contributed by atoms with E-state index in [1.54, 1.807) is 68.5 Å². The van der Waals surface area contributed by atoms with Crippen LogP contribution in [0, 0.1) is 0 Å². The highest BCUT2D eigenvalue weighted by Crippen LogP contribution is 2.31. The highest BCUT2D eigenvalue weighted by Gasteiger charge is 2.33. The van der Waals surface area contributed by atoms with E-state index in [1.165, 1.54) is 15.9 Å². The van der Waals surface area contributed by atoms with Crippen molar-refractivity contribution in [1.29, 1.82) is 0 Å². The number of thiazole rings is 1. The van der Waals surface area contributed by atoms with Crippen molar-refractivity contribution < 1.29 is 14.6 Å². The van der Waals surface area contributed by atoms with Gasteiger partial charge in [0.2, 0.25) is 0 Å². The fourth-order valence-electron chi connectivity index (χ4n) is 3.47. The fourth-order valence-corrected chi connectivity index (χ4v) is 4.65. The van der Waals surface area contributed by atoms with Gasteiger partial charge in [0, 0.05) is 5.02 Å². The number of carbonyl (C=O) groups is 1. The van der Waals surface area contributed by atoms with E-state index in [0.29, 0.717) is 25.6 Å². The summed E-state index contributed by atoms with van der Waals surface area (Å²) >= 11 is 7.30. The monoisotopic (exact) mass is 454 g/mol. The second-order valence-corrected chi connectivity index (χ2v) is 8.39. The van der Waals surface area contributed by atoms with Crippen LogP contribution in [-0.4, -0.2) is 22.2 Å². The molecule has 2 aromatic carbocycles. The van der Waals surface area contributed by atoms with Crippen LogP contribution >= 0.6 is 22.9 Å². The molecular formula is C23H19ClN2O4S. The zero-order chi connectivity index (χ0) is 22.1. The van der Waals surface area contributed by atoms with Crippen LogP contribution in [0.2, 0.25) is 5.02 Å². The minimum atomic E-state index is -0.672. The number of phenols is 1. The first-order chi connectivity index (χ1) is 14.9. The van der Waals surface area contributed by atoms with Crippen LogP contribution in [0.3, 0.4) is 0 Å². The lowest BCUT2D eigenvalue weighted by Crippen LogP contribution is -2.39. The van der Waals surface area contributed by atoms with Crippen LogP contribution in [0.1, 0.15) is 31.0 Å². The predicted octanol–water partition coefficient (Wildman–Crippen LogP) is 3.16. The second-order valence-electron chi connectivity index (χ2n) is 6.95. The Morgan fingerprint density at radius 2 is 1.90 bits per heavy atom. The Morgan fingerprint density at radius 3 is 2.55 bits per heavy atom. The number of aromatic nitrogens is 1. The maximum atomic E-state index is 13.4. The molecule has 1 unspecified atom stereocenters. The molecule has 1 aliphatic heterocycles. The molecule has 0 saturated heterocycles. The van der Waals surface area contributed by atoms with Gasteiger partial charge in [-0.05, 0) is 55.3 Å². The van der Waals surface area contributed by atoms with Gasteiger partial charge in [-0.25, -0.2) is 9.79 Å². The molecule has 158 valence electrons. The number of ether oxygens (including phenoxy) is 1. The third-order valence-electron chi connectivity index (χ3n) is 4.89. The van der Waals surface area contributed by atoms with Crippen LogP contribution < -0.4 is 14.9 Å². The van der Waals surface area contributed by atoms with Crippen molar-refractivity contribution in [3.63, 3.8) is 0 Å². The van der Waals surface area contributed by atoms with E-state index in [4.69, 9.17) is 16.3 Å². The van der Waals surface area contributed by atoms with Gasteiger partial charge in [-0.2, -0.15) is 0 Å². The number of allylic oxidation sites excluding steroid dienone is 1. The van der Waals surface area contributed by atoms with E-state index in [1.807, 2.05) is 0 Å². The van der Waals surface area contributed by atoms with Crippen LogP contribution in [0.5, 0.6) is 5.75 Å². The Morgan fingerprint density at radius 1 is 1.23 bits per heavy atom. The number of halogens is 1. The standard InChI is InChI=1S/C23H19ClN2O4S/c1-3-30-22(29)19-13(2)25-23-26(20(19)15-6-8-16(24)9-7-15)21(28)18(31-23)12-14-4-10-17(27)11-5-14/h4-12,20,27H,3H2,1-2H3/b18-12-. The number of esters is 1. The molecule has 1 N–H and O–H groups in total.